The molecule has 14 heavy (non-hydrogen) atoms. The molecule has 0 radical (unpaired) electrons. The molecular formula is C12H17NO. The molecule has 76 valence electrons. The third kappa shape index (κ3) is 1.69. The van der Waals surface area contributed by atoms with Crippen LogP contribution in [0.1, 0.15) is 20.3 Å². The summed E-state index contributed by atoms with van der Waals surface area (Å²) in [5, 5.41) is 0. The van der Waals surface area contributed by atoms with Gasteiger partial charge in [-0.2, -0.15) is 0 Å². The molecule has 1 unspecified atom stereocenters. The third-order valence-corrected chi connectivity index (χ3v) is 2.51. The van der Waals surface area contributed by atoms with Gasteiger partial charge in [0, 0.05) is 6.54 Å². The SMILES string of the molecule is CCCN1CC(C)Oc2ccccc21. The van der Waals surface area contributed by atoms with Gasteiger partial charge in [-0.25, -0.2) is 0 Å². The average molecular weight is 191 g/mol. The number of anilines is 1. The average Bonchev–Trinajstić information content (AvgIpc) is 2.18. The molecule has 1 aromatic carbocycles. The van der Waals surface area contributed by atoms with Crippen LogP contribution in [0.15, 0.2) is 24.3 Å². The summed E-state index contributed by atoms with van der Waals surface area (Å²) in [6.45, 7) is 6.46. The molecule has 0 aromatic heterocycles. The number of rotatable bonds is 2. The maximum atomic E-state index is 5.77. The van der Waals surface area contributed by atoms with Gasteiger partial charge in [-0.3, -0.25) is 0 Å². The Hall–Kier alpha value is -1.18. The van der Waals surface area contributed by atoms with Crippen LogP contribution in [0.4, 0.5) is 5.69 Å². The zero-order valence-corrected chi connectivity index (χ0v) is 8.86. The Bertz CT molecular complexity index is 311. The summed E-state index contributed by atoms with van der Waals surface area (Å²) in [4.78, 5) is 2.41. The molecule has 0 amide bonds. The van der Waals surface area contributed by atoms with E-state index in [1.165, 1.54) is 12.1 Å². The molecule has 2 nitrogen and oxygen atoms in total. The standard InChI is InChI=1S/C12H17NO/c1-3-8-13-9-10(2)14-12-7-5-4-6-11(12)13/h4-7,10H,3,8-9H2,1-2H3. The minimum Gasteiger partial charge on any atom is -0.487 e. The van der Waals surface area contributed by atoms with E-state index in [4.69, 9.17) is 4.74 Å². The van der Waals surface area contributed by atoms with Crippen LogP contribution in [0.3, 0.4) is 0 Å². The fourth-order valence-electron chi connectivity index (χ4n) is 1.96. The number of hydrogen-bond acceptors (Lipinski definition) is 2. The third-order valence-electron chi connectivity index (χ3n) is 2.51. The van der Waals surface area contributed by atoms with Gasteiger partial charge < -0.3 is 9.64 Å². The molecule has 2 rings (SSSR count). The molecule has 0 N–H and O–H groups in total. The van der Waals surface area contributed by atoms with Crippen LogP contribution in [0.2, 0.25) is 0 Å². The first-order valence-corrected chi connectivity index (χ1v) is 5.32. The number of para-hydroxylation sites is 2. The molecule has 0 aliphatic carbocycles. The van der Waals surface area contributed by atoms with E-state index >= 15 is 0 Å². The first-order chi connectivity index (χ1) is 6.81. The van der Waals surface area contributed by atoms with Crippen molar-refractivity contribution in [1.29, 1.82) is 0 Å². The fourth-order valence-corrected chi connectivity index (χ4v) is 1.96. The Morgan fingerprint density at radius 2 is 2.21 bits per heavy atom. The van der Waals surface area contributed by atoms with Gasteiger partial charge in [0.15, 0.2) is 0 Å². The number of benzene rings is 1. The summed E-state index contributed by atoms with van der Waals surface area (Å²) in [5.41, 5.74) is 1.24. The van der Waals surface area contributed by atoms with Gasteiger partial charge >= 0.3 is 0 Å². The van der Waals surface area contributed by atoms with Crippen LogP contribution >= 0.6 is 0 Å². The first kappa shape index (κ1) is 9.38. The Morgan fingerprint density at radius 1 is 1.43 bits per heavy atom. The molecule has 2 heteroatoms. The zero-order chi connectivity index (χ0) is 9.97. The van der Waals surface area contributed by atoms with Crippen molar-refractivity contribution in [3.05, 3.63) is 24.3 Å². The summed E-state index contributed by atoms with van der Waals surface area (Å²) in [6, 6.07) is 8.28. The second kappa shape index (κ2) is 3.91. The van der Waals surface area contributed by atoms with Crippen molar-refractivity contribution in [2.24, 2.45) is 0 Å². The second-order valence-corrected chi connectivity index (χ2v) is 3.84. The van der Waals surface area contributed by atoms with E-state index in [9.17, 15) is 0 Å². The van der Waals surface area contributed by atoms with Crippen molar-refractivity contribution in [3.63, 3.8) is 0 Å². The zero-order valence-electron chi connectivity index (χ0n) is 8.86. The molecule has 1 heterocycles. The van der Waals surface area contributed by atoms with Gasteiger partial charge in [0.05, 0.1) is 12.2 Å². The van der Waals surface area contributed by atoms with Gasteiger partial charge in [-0.1, -0.05) is 19.1 Å². The van der Waals surface area contributed by atoms with Crippen LogP contribution in [-0.2, 0) is 0 Å². The van der Waals surface area contributed by atoms with Gasteiger partial charge in [-0.15, -0.1) is 0 Å². The summed E-state index contributed by atoms with van der Waals surface area (Å²) in [5.74, 6) is 1.03. The summed E-state index contributed by atoms with van der Waals surface area (Å²) in [6.07, 6.45) is 1.48. The summed E-state index contributed by atoms with van der Waals surface area (Å²) < 4.78 is 5.77. The Kier molecular flexibility index (Phi) is 2.62. The number of nitrogens with zero attached hydrogens (tertiary/aromatic N) is 1. The Balaban J connectivity index is 2.28. The maximum Gasteiger partial charge on any atom is 0.143 e. The number of hydrogen-bond donors (Lipinski definition) is 0. The van der Waals surface area contributed by atoms with Crippen molar-refractivity contribution in [2.45, 2.75) is 26.4 Å². The van der Waals surface area contributed by atoms with Crippen LogP contribution < -0.4 is 9.64 Å². The molecule has 0 fully saturated rings. The molecule has 1 atom stereocenters. The van der Waals surface area contributed by atoms with Crippen molar-refractivity contribution in [2.75, 3.05) is 18.0 Å². The summed E-state index contributed by atoms with van der Waals surface area (Å²) in [7, 11) is 0. The van der Waals surface area contributed by atoms with Crippen molar-refractivity contribution in [1.82, 2.24) is 0 Å². The van der Waals surface area contributed by atoms with E-state index in [0.717, 1.165) is 18.8 Å². The molecule has 0 spiro atoms. The quantitative estimate of drug-likeness (QED) is 0.712. The number of fused-ring (bicyclic) bond motifs is 1. The normalized spacial score (nSPS) is 20.1. The van der Waals surface area contributed by atoms with E-state index in [1.54, 1.807) is 0 Å². The lowest BCUT2D eigenvalue weighted by molar-refractivity contribution is 0.212. The highest BCUT2D eigenvalue weighted by Gasteiger charge is 2.21. The predicted molar refractivity (Wildman–Crippen MR) is 59.0 cm³/mol. The number of ether oxygens (including phenoxy) is 1. The lowest BCUT2D eigenvalue weighted by Crippen LogP contribution is -2.38. The van der Waals surface area contributed by atoms with Crippen LogP contribution in [0.25, 0.3) is 0 Å². The van der Waals surface area contributed by atoms with Gasteiger partial charge in [0.25, 0.3) is 0 Å². The topological polar surface area (TPSA) is 12.5 Å². The van der Waals surface area contributed by atoms with Gasteiger partial charge in [0.1, 0.15) is 11.9 Å². The molecule has 1 aromatic rings. The lowest BCUT2D eigenvalue weighted by atomic mass is 10.2. The molecule has 0 bridgehead atoms. The minimum absolute atomic E-state index is 0.302. The first-order valence-electron chi connectivity index (χ1n) is 5.32. The molecule has 0 saturated heterocycles. The highest BCUT2D eigenvalue weighted by atomic mass is 16.5. The van der Waals surface area contributed by atoms with Crippen molar-refractivity contribution < 1.29 is 4.74 Å². The molecular weight excluding hydrogens is 174 g/mol. The second-order valence-electron chi connectivity index (χ2n) is 3.84. The van der Waals surface area contributed by atoms with E-state index in [2.05, 4.69) is 30.9 Å². The maximum absolute atomic E-state index is 5.77. The van der Waals surface area contributed by atoms with Gasteiger partial charge in [-0.05, 0) is 25.5 Å². The van der Waals surface area contributed by atoms with E-state index in [-0.39, 0.29) is 0 Å². The molecule has 0 saturated carbocycles. The lowest BCUT2D eigenvalue weighted by Gasteiger charge is -2.34. The van der Waals surface area contributed by atoms with Crippen LogP contribution in [-0.4, -0.2) is 19.2 Å². The smallest absolute Gasteiger partial charge is 0.143 e. The van der Waals surface area contributed by atoms with Crippen LogP contribution in [0.5, 0.6) is 5.75 Å². The summed E-state index contributed by atoms with van der Waals surface area (Å²) >= 11 is 0. The highest BCUT2D eigenvalue weighted by Crippen LogP contribution is 2.32. The Morgan fingerprint density at radius 3 is 3.00 bits per heavy atom. The fraction of sp³-hybridized carbons (Fsp3) is 0.500. The largest absolute Gasteiger partial charge is 0.487 e. The van der Waals surface area contributed by atoms with Crippen molar-refractivity contribution >= 4 is 5.69 Å². The van der Waals surface area contributed by atoms with Crippen molar-refractivity contribution in [3.8, 4) is 5.75 Å². The van der Waals surface area contributed by atoms with Gasteiger partial charge in [0.2, 0.25) is 0 Å². The van der Waals surface area contributed by atoms with E-state index in [0.29, 0.717) is 6.10 Å². The predicted octanol–water partition coefficient (Wildman–Crippen LogP) is 2.68. The molecule has 1 aliphatic heterocycles. The minimum atomic E-state index is 0.302. The van der Waals surface area contributed by atoms with Crippen LogP contribution in [0, 0.1) is 0 Å². The Labute approximate surface area is 85.5 Å². The molecule has 1 aliphatic rings. The highest BCUT2D eigenvalue weighted by molar-refractivity contribution is 5.59. The van der Waals surface area contributed by atoms with E-state index in [1.807, 2.05) is 12.1 Å². The van der Waals surface area contributed by atoms with E-state index < -0.39 is 0 Å². The monoisotopic (exact) mass is 191 g/mol.